The van der Waals surface area contributed by atoms with Crippen molar-refractivity contribution in [2.24, 2.45) is 0 Å². The van der Waals surface area contributed by atoms with Crippen LogP contribution in [0.3, 0.4) is 0 Å². The van der Waals surface area contributed by atoms with Gasteiger partial charge < -0.3 is 20.2 Å². The Balaban J connectivity index is 1.85. The molecule has 0 aliphatic heterocycles. The molecular formula is C22H20N2O4. The lowest BCUT2D eigenvalue weighted by Crippen LogP contribution is -2.36. The number of furan rings is 1. The zero-order valence-electron chi connectivity index (χ0n) is 15.1. The van der Waals surface area contributed by atoms with Crippen LogP contribution in [0.5, 0.6) is 0 Å². The fourth-order valence-electron chi connectivity index (χ4n) is 2.54. The third-order valence-corrected chi connectivity index (χ3v) is 3.90. The molecule has 0 saturated carbocycles. The minimum Gasteiger partial charge on any atom is -0.457 e. The van der Waals surface area contributed by atoms with E-state index in [1.807, 2.05) is 30.3 Å². The van der Waals surface area contributed by atoms with Crippen LogP contribution in [-0.2, 0) is 4.79 Å². The van der Waals surface area contributed by atoms with E-state index in [1.54, 1.807) is 42.5 Å². The summed E-state index contributed by atoms with van der Waals surface area (Å²) in [6, 6.07) is 21.6. The van der Waals surface area contributed by atoms with E-state index in [1.165, 1.54) is 6.08 Å². The van der Waals surface area contributed by atoms with Gasteiger partial charge in [-0.2, -0.15) is 0 Å². The van der Waals surface area contributed by atoms with E-state index in [2.05, 4.69) is 10.6 Å². The molecule has 1 aromatic heterocycles. The molecule has 2 amide bonds. The number of amides is 2. The molecular weight excluding hydrogens is 356 g/mol. The number of benzene rings is 2. The Morgan fingerprint density at radius 2 is 1.61 bits per heavy atom. The van der Waals surface area contributed by atoms with Crippen molar-refractivity contribution in [1.82, 2.24) is 10.6 Å². The summed E-state index contributed by atoms with van der Waals surface area (Å²) in [5.74, 6) is 0.134. The molecule has 6 heteroatoms. The highest BCUT2D eigenvalue weighted by atomic mass is 16.3. The van der Waals surface area contributed by atoms with Crippen molar-refractivity contribution in [2.75, 3.05) is 13.2 Å². The summed E-state index contributed by atoms with van der Waals surface area (Å²) in [5, 5.41) is 14.1. The molecule has 3 rings (SSSR count). The second-order valence-corrected chi connectivity index (χ2v) is 5.93. The molecule has 0 spiro atoms. The van der Waals surface area contributed by atoms with E-state index in [4.69, 9.17) is 9.52 Å². The predicted octanol–water partition coefficient (Wildman–Crippen LogP) is 2.83. The third kappa shape index (κ3) is 4.96. The topological polar surface area (TPSA) is 91.6 Å². The average Bonchev–Trinajstić information content (AvgIpc) is 3.21. The minimum absolute atomic E-state index is 0.0243. The van der Waals surface area contributed by atoms with Gasteiger partial charge in [-0.1, -0.05) is 48.5 Å². The molecule has 0 bridgehead atoms. The highest BCUT2D eigenvalue weighted by Gasteiger charge is 2.15. The molecule has 28 heavy (non-hydrogen) atoms. The highest BCUT2D eigenvalue weighted by Crippen LogP contribution is 2.23. The van der Waals surface area contributed by atoms with Crippen LogP contribution in [0.2, 0.25) is 0 Å². The fourth-order valence-corrected chi connectivity index (χ4v) is 2.54. The number of nitrogens with one attached hydrogen (secondary N) is 2. The molecule has 3 aromatic rings. The number of carbonyl (C=O) groups excluding carboxylic acids is 2. The Bertz CT molecular complexity index is 962. The Kier molecular flexibility index (Phi) is 6.38. The maximum absolute atomic E-state index is 12.4. The van der Waals surface area contributed by atoms with E-state index < -0.39 is 11.8 Å². The standard InChI is InChI=1S/C22H20N2O4/c25-14-13-23-22(27)19(24-21(26)17-9-5-2-6-10-17)15-18-11-12-20(28-18)16-7-3-1-4-8-16/h1-12,15,25H,13-14H2,(H,23,27)(H,24,26)/b19-15-. The van der Waals surface area contributed by atoms with Crippen molar-refractivity contribution in [2.45, 2.75) is 0 Å². The van der Waals surface area contributed by atoms with E-state index >= 15 is 0 Å². The van der Waals surface area contributed by atoms with Crippen molar-refractivity contribution in [3.05, 3.63) is 89.8 Å². The molecule has 0 radical (unpaired) electrons. The van der Waals surface area contributed by atoms with E-state index in [-0.39, 0.29) is 18.8 Å². The zero-order chi connectivity index (χ0) is 19.8. The van der Waals surface area contributed by atoms with Gasteiger partial charge in [0, 0.05) is 23.7 Å². The molecule has 3 N–H and O–H groups in total. The van der Waals surface area contributed by atoms with Crippen LogP contribution >= 0.6 is 0 Å². The first-order chi connectivity index (χ1) is 13.7. The van der Waals surface area contributed by atoms with Gasteiger partial charge >= 0.3 is 0 Å². The number of rotatable bonds is 7. The van der Waals surface area contributed by atoms with Gasteiger partial charge in [0.15, 0.2) is 0 Å². The zero-order valence-corrected chi connectivity index (χ0v) is 15.1. The Hall–Kier alpha value is -3.64. The summed E-state index contributed by atoms with van der Waals surface area (Å²) in [5.41, 5.74) is 1.35. The quantitative estimate of drug-likeness (QED) is 0.553. The second-order valence-electron chi connectivity index (χ2n) is 5.93. The minimum atomic E-state index is -0.518. The van der Waals surface area contributed by atoms with Gasteiger partial charge in [-0.25, -0.2) is 0 Å². The number of aliphatic hydroxyl groups excluding tert-OH is 1. The third-order valence-electron chi connectivity index (χ3n) is 3.90. The van der Waals surface area contributed by atoms with Gasteiger partial charge in [0.1, 0.15) is 17.2 Å². The number of aliphatic hydroxyl groups is 1. The van der Waals surface area contributed by atoms with Crippen LogP contribution in [-0.4, -0.2) is 30.1 Å². The number of hydrogen-bond donors (Lipinski definition) is 3. The van der Waals surface area contributed by atoms with Gasteiger partial charge in [-0.15, -0.1) is 0 Å². The van der Waals surface area contributed by atoms with Crippen LogP contribution in [0, 0.1) is 0 Å². The number of carbonyl (C=O) groups is 2. The molecule has 0 unspecified atom stereocenters. The van der Waals surface area contributed by atoms with Gasteiger partial charge in [0.2, 0.25) is 0 Å². The lowest BCUT2D eigenvalue weighted by molar-refractivity contribution is -0.117. The lowest BCUT2D eigenvalue weighted by Gasteiger charge is -2.10. The summed E-state index contributed by atoms with van der Waals surface area (Å²) in [4.78, 5) is 24.8. The van der Waals surface area contributed by atoms with E-state index in [0.29, 0.717) is 17.1 Å². The first-order valence-electron chi connectivity index (χ1n) is 8.80. The van der Waals surface area contributed by atoms with Gasteiger partial charge in [0.25, 0.3) is 11.8 Å². The summed E-state index contributed by atoms with van der Waals surface area (Å²) >= 11 is 0. The first-order valence-corrected chi connectivity index (χ1v) is 8.80. The molecule has 0 saturated heterocycles. The van der Waals surface area contributed by atoms with Crippen LogP contribution in [0.15, 0.2) is 82.9 Å². The maximum Gasteiger partial charge on any atom is 0.268 e. The monoisotopic (exact) mass is 376 g/mol. The van der Waals surface area contributed by atoms with E-state index in [9.17, 15) is 9.59 Å². The van der Waals surface area contributed by atoms with Crippen molar-refractivity contribution < 1.29 is 19.1 Å². The van der Waals surface area contributed by atoms with Crippen molar-refractivity contribution in [3.63, 3.8) is 0 Å². The summed E-state index contributed by atoms with van der Waals surface area (Å²) in [6.45, 7) is -0.130. The predicted molar refractivity (Wildman–Crippen MR) is 106 cm³/mol. The van der Waals surface area contributed by atoms with Gasteiger partial charge in [-0.05, 0) is 24.3 Å². The summed E-state index contributed by atoms with van der Waals surface area (Å²) < 4.78 is 5.79. The smallest absolute Gasteiger partial charge is 0.268 e. The molecule has 6 nitrogen and oxygen atoms in total. The Morgan fingerprint density at radius 1 is 0.929 bits per heavy atom. The largest absolute Gasteiger partial charge is 0.457 e. The van der Waals surface area contributed by atoms with Gasteiger partial charge in [-0.3, -0.25) is 9.59 Å². The first kappa shape index (κ1) is 19.1. The SMILES string of the molecule is O=C(NCCO)/C(=C/c1ccc(-c2ccccc2)o1)NC(=O)c1ccccc1. The maximum atomic E-state index is 12.4. The van der Waals surface area contributed by atoms with Crippen LogP contribution < -0.4 is 10.6 Å². The van der Waals surface area contributed by atoms with Crippen LogP contribution in [0.25, 0.3) is 17.4 Å². The van der Waals surface area contributed by atoms with Crippen molar-refractivity contribution in [1.29, 1.82) is 0 Å². The molecule has 1 heterocycles. The Labute approximate surface area is 162 Å². The van der Waals surface area contributed by atoms with Crippen LogP contribution in [0.4, 0.5) is 0 Å². The van der Waals surface area contributed by atoms with Crippen LogP contribution in [0.1, 0.15) is 16.1 Å². The van der Waals surface area contributed by atoms with Gasteiger partial charge in [0.05, 0.1) is 6.61 Å². The normalized spacial score (nSPS) is 11.1. The summed E-state index contributed by atoms with van der Waals surface area (Å²) in [6.07, 6.45) is 1.46. The molecule has 2 aromatic carbocycles. The Morgan fingerprint density at radius 3 is 2.29 bits per heavy atom. The second kappa shape index (κ2) is 9.34. The average molecular weight is 376 g/mol. The van der Waals surface area contributed by atoms with Crippen molar-refractivity contribution >= 4 is 17.9 Å². The molecule has 142 valence electrons. The lowest BCUT2D eigenvalue weighted by atomic mass is 10.2. The molecule has 0 atom stereocenters. The number of hydrogen-bond acceptors (Lipinski definition) is 4. The summed E-state index contributed by atoms with van der Waals surface area (Å²) in [7, 11) is 0. The van der Waals surface area contributed by atoms with Crippen molar-refractivity contribution in [3.8, 4) is 11.3 Å². The molecule has 0 aliphatic rings. The molecule has 0 aliphatic carbocycles. The van der Waals surface area contributed by atoms with E-state index in [0.717, 1.165) is 5.56 Å². The molecule has 0 fully saturated rings. The fraction of sp³-hybridized carbons (Fsp3) is 0.0909. The highest BCUT2D eigenvalue weighted by molar-refractivity contribution is 6.05.